The lowest BCUT2D eigenvalue weighted by molar-refractivity contribution is 0.0628. The van der Waals surface area contributed by atoms with Crippen LogP contribution in [0.1, 0.15) is 41.3 Å². The van der Waals surface area contributed by atoms with Gasteiger partial charge in [-0.15, -0.1) is 5.10 Å². The van der Waals surface area contributed by atoms with Crippen molar-refractivity contribution in [1.29, 1.82) is 0 Å². The van der Waals surface area contributed by atoms with Crippen LogP contribution in [-0.2, 0) is 6.54 Å². The second-order valence-electron chi connectivity index (χ2n) is 7.77. The highest BCUT2D eigenvalue weighted by molar-refractivity contribution is 5.94. The fourth-order valence-electron chi connectivity index (χ4n) is 3.59. The van der Waals surface area contributed by atoms with Crippen molar-refractivity contribution in [2.24, 2.45) is 0 Å². The lowest BCUT2D eigenvalue weighted by Crippen LogP contribution is -2.48. The molecule has 1 saturated heterocycles. The van der Waals surface area contributed by atoms with E-state index in [-0.39, 0.29) is 5.91 Å². The predicted molar refractivity (Wildman–Crippen MR) is 111 cm³/mol. The van der Waals surface area contributed by atoms with E-state index in [1.54, 1.807) is 4.68 Å². The largest absolute Gasteiger partial charge is 0.336 e. The number of rotatable bonds is 5. The van der Waals surface area contributed by atoms with Gasteiger partial charge in [-0.1, -0.05) is 38.1 Å². The number of hydrogen-bond acceptors (Lipinski definition) is 5. The van der Waals surface area contributed by atoms with Crippen LogP contribution in [-0.4, -0.2) is 62.1 Å². The molecule has 0 spiro atoms. The summed E-state index contributed by atoms with van der Waals surface area (Å²) in [4.78, 5) is 17.2. The average Bonchev–Trinajstić information content (AvgIpc) is 3.29. The molecule has 7 heteroatoms. The average molecular weight is 390 g/mol. The van der Waals surface area contributed by atoms with Gasteiger partial charge < -0.3 is 4.90 Å². The zero-order valence-electron chi connectivity index (χ0n) is 16.9. The first-order chi connectivity index (χ1) is 14.1. The monoisotopic (exact) mass is 390 g/mol. The summed E-state index contributed by atoms with van der Waals surface area (Å²) in [5, 5.41) is 11.1. The van der Waals surface area contributed by atoms with Gasteiger partial charge in [0.2, 0.25) is 0 Å². The Labute approximate surface area is 170 Å². The topological polar surface area (TPSA) is 67.2 Å². The highest BCUT2D eigenvalue weighted by atomic mass is 16.2. The predicted octanol–water partition coefficient (Wildman–Crippen LogP) is 2.74. The summed E-state index contributed by atoms with van der Waals surface area (Å²) in [6, 6.07) is 16.3. The minimum atomic E-state index is 0.0780. The first-order valence-corrected chi connectivity index (χ1v) is 10.0. The van der Waals surface area contributed by atoms with Gasteiger partial charge in [0.15, 0.2) is 0 Å². The Balaban J connectivity index is 1.31. The van der Waals surface area contributed by atoms with Gasteiger partial charge in [0, 0.05) is 38.3 Å². The maximum Gasteiger partial charge on any atom is 0.253 e. The lowest BCUT2D eigenvalue weighted by atomic mass is 10.0. The fourth-order valence-corrected chi connectivity index (χ4v) is 3.59. The van der Waals surface area contributed by atoms with Crippen LogP contribution in [0.2, 0.25) is 0 Å². The molecule has 2 heterocycles. The van der Waals surface area contributed by atoms with Crippen molar-refractivity contribution in [3.8, 4) is 5.69 Å². The molecule has 1 aliphatic heterocycles. The number of carbonyl (C=O) groups is 1. The second kappa shape index (κ2) is 8.53. The SMILES string of the molecule is CC(C)c1ccc(CN2CCN(C(=O)c3ccc(-n4cnnn4)cc3)CC2)cc1. The van der Waals surface area contributed by atoms with Crippen LogP contribution < -0.4 is 0 Å². The summed E-state index contributed by atoms with van der Waals surface area (Å²) in [6.45, 7) is 8.63. The fraction of sp³-hybridized carbons (Fsp3) is 0.364. The molecular weight excluding hydrogens is 364 g/mol. The summed E-state index contributed by atoms with van der Waals surface area (Å²) in [5.74, 6) is 0.634. The zero-order chi connectivity index (χ0) is 20.2. The molecule has 4 rings (SSSR count). The summed E-state index contributed by atoms with van der Waals surface area (Å²) in [6.07, 6.45) is 1.53. The number of aromatic nitrogens is 4. The molecule has 0 radical (unpaired) electrons. The van der Waals surface area contributed by atoms with Crippen LogP contribution in [0.15, 0.2) is 54.9 Å². The maximum atomic E-state index is 12.8. The van der Waals surface area contributed by atoms with Gasteiger partial charge in [-0.2, -0.15) is 0 Å². The van der Waals surface area contributed by atoms with E-state index in [1.165, 1.54) is 17.5 Å². The van der Waals surface area contributed by atoms with E-state index < -0.39 is 0 Å². The Bertz CT molecular complexity index is 926. The lowest BCUT2D eigenvalue weighted by Gasteiger charge is -2.34. The molecule has 29 heavy (non-hydrogen) atoms. The van der Waals surface area contributed by atoms with Crippen molar-refractivity contribution in [2.45, 2.75) is 26.3 Å². The third-order valence-electron chi connectivity index (χ3n) is 5.44. The molecule has 7 nitrogen and oxygen atoms in total. The van der Waals surface area contributed by atoms with Gasteiger partial charge in [0.25, 0.3) is 5.91 Å². The number of carbonyl (C=O) groups excluding carboxylic acids is 1. The third-order valence-corrected chi connectivity index (χ3v) is 5.44. The summed E-state index contributed by atoms with van der Waals surface area (Å²) in [5.41, 5.74) is 4.22. The molecule has 0 atom stereocenters. The van der Waals surface area contributed by atoms with Crippen LogP contribution in [0.3, 0.4) is 0 Å². The van der Waals surface area contributed by atoms with Gasteiger partial charge in [0.05, 0.1) is 5.69 Å². The highest BCUT2D eigenvalue weighted by Gasteiger charge is 2.22. The van der Waals surface area contributed by atoms with Gasteiger partial charge in [-0.05, 0) is 51.7 Å². The van der Waals surface area contributed by atoms with Crippen LogP contribution >= 0.6 is 0 Å². The van der Waals surface area contributed by atoms with Gasteiger partial charge in [0.1, 0.15) is 6.33 Å². The Morgan fingerprint density at radius 2 is 1.66 bits per heavy atom. The summed E-state index contributed by atoms with van der Waals surface area (Å²) < 4.78 is 1.57. The Morgan fingerprint density at radius 1 is 0.966 bits per heavy atom. The maximum absolute atomic E-state index is 12.8. The molecule has 2 aromatic carbocycles. The molecule has 1 aliphatic rings. The van der Waals surface area contributed by atoms with Gasteiger partial charge in [-0.25, -0.2) is 4.68 Å². The molecule has 1 aromatic heterocycles. The zero-order valence-corrected chi connectivity index (χ0v) is 16.9. The summed E-state index contributed by atoms with van der Waals surface area (Å²) >= 11 is 0. The van der Waals surface area contributed by atoms with Gasteiger partial charge >= 0.3 is 0 Å². The molecule has 0 saturated carbocycles. The minimum absolute atomic E-state index is 0.0780. The minimum Gasteiger partial charge on any atom is -0.336 e. The van der Waals surface area contributed by atoms with E-state index >= 15 is 0 Å². The van der Waals surface area contributed by atoms with Crippen LogP contribution in [0, 0.1) is 0 Å². The molecule has 0 N–H and O–H groups in total. The number of hydrogen-bond donors (Lipinski definition) is 0. The smallest absolute Gasteiger partial charge is 0.253 e. The molecule has 0 bridgehead atoms. The van der Waals surface area contributed by atoms with Crippen LogP contribution in [0.5, 0.6) is 0 Å². The van der Waals surface area contributed by atoms with Crippen molar-refractivity contribution in [3.63, 3.8) is 0 Å². The van der Waals surface area contributed by atoms with Crippen molar-refractivity contribution in [1.82, 2.24) is 30.0 Å². The molecule has 0 unspecified atom stereocenters. The summed E-state index contributed by atoms with van der Waals surface area (Å²) in [7, 11) is 0. The molecule has 1 fully saturated rings. The van der Waals surface area contributed by atoms with E-state index in [4.69, 9.17) is 0 Å². The van der Waals surface area contributed by atoms with Crippen molar-refractivity contribution in [2.75, 3.05) is 26.2 Å². The van der Waals surface area contributed by atoms with Crippen LogP contribution in [0.4, 0.5) is 0 Å². The Morgan fingerprint density at radius 3 is 2.24 bits per heavy atom. The van der Waals surface area contributed by atoms with E-state index in [9.17, 15) is 4.79 Å². The van der Waals surface area contributed by atoms with E-state index in [0.29, 0.717) is 11.5 Å². The molecule has 150 valence electrons. The van der Waals surface area contributed by atoms with E-state index in [1.807, 2.05) is 29.2 Å². The first-order valence-electron chi connectivity index (χ1n) is 10.0. The number of tetrazole rings is 1. The van der Waals surface area contributed by atoms with Gasteiger partial charge in [-0.3, -0.25) is 9.69 Å². The molecule has 3 aromatic rings. The van der Waals surface area contributed by atoms with E-state index in [2.05, 4.69) is 58.5 Å². The Kier molecular flexibility index (Phi) is 5.67. The number of piperazine rings is 1. The van der Waals surface area contributed by atoms with Crippen molar-refractivity contribution in [3.05, 3.63) is 71.5 Å². The highest BCUT2D eigenvalue weighted by Crippen LogP contribution is 2.17. The van der Waals surface area contributed by atoms with E-state index in [0.717, 1.165) is 38.4 Å². The first kappa shape index (κ1) is 19.3. The number of nitrogens with zero attached hydrogens (tertiary/aromatic N) is 6. The van der Waals surface area contributed by atoms with Crippen molar-refractivity contribution >= 4 is 5.91 Å². The standard InChI is InChI=1S/C22H26N6O/c1-17(2)19-5-3-18(4-6-19)15-26-11-13-27(14-12-26)22(29)20-7-9-21(10-8-20)28-16-23-24-25-28/h3-10,16-17H,11-15H2,1-2H3. The molecular formula is C22H26N6O. The Hall–Kier alpha value is -3.06. The molecule has 0 aliphatic carbocycles. The van der Waals surface area contributed by atoms with Crippen molar-refractivity contribution < 1.29 is 4.79 Å². The molecule has 1 amide bonds. The van der Waals surface area contributed by atoms with Crippen LogP contribution in [0.25, 0.3) is 5.69 Å². The normalized spacial score (nSPS) is 15.1. The quantitative estimate of drug-likeness (QED) is 0.670. The number of benzene rings is 2. The third kappa shape index (κ3) is 4.51. The second-order valence-corrected chi connectivity index (χ2v) is 7.77. The number of amides is 1.